The molecule has 8 nitrogen and oxygen atoms in total. The van der Waals surface area contributed by atoms with E-state index in [1.807, 2.05) is 18.2 Å². The first-order chi connectivity index (χ1) is 12.5. The summed E-state index contributed by atoms with van der Waals surface area (Å²) in [7, 11) is 1.57. The zero-order valence-electron chi connectivity index (χ0n) is 13.6. The van der Waals surface area contributed by atoms with E-state index in [-0.39, 0.29) is 24.3 Å². The number of hydrogen-bond donors (Lipinski definition) is 2. The van der Waals surface area contributed by atoms with Gasteiger partial charge in [0.2, 0.25) is 11.9 Å². The van der Waals surface area contributed by atoms with Crippen LogP contribution in [-0.4, -0.2) is 28.0 Å². The molecule has 1 aromatic carbocycles. The Bertz CT molecular complexity index is 934. The highest BCUT2D eigenvalue weighted by Crippen LogP contribution is 2.26. The van der Waals surface area contributed by atoms with E-state index in [2.05, 4.69) is 36.2 Å². The molecule has 0 atom stereocenters. The Balaban J connectivity index is 1.72. The molecule has 0 fully saturated rings. The number of ether oxygens (including phenoxy) is 2. The smallest absolute Gasteiger partial charge is 0.348 e. The molecule has 3 N–H and O–H groups in total. The van der Waals surface area contributed by atoms with E-state index in [4.69, 9.17) is 15.2 Å². The van der Waals surface area contributed by atoms with Gasteiger partial charge in [0.15, 0.2) is 12.4 Å². The molecule has 26 heavy (non-hydrogen) atoms. The fraction of sp³-hybridized carbons (Fsp3) is 0.125. The van der Waals surface area contributed by atoms with Gasteiger partial charge in [-0.3, -0.25) is 0 Å². The molecule has 3 rings (SSSR count). The number of esters is 1. The third kappa shape index (κ3) is 4.46. The fourth-order valence-corrected chi connectivity index (χ4v) is 3.33. The Morgan fingerprint density at radius 3 is 2.77 bits per heavy atom. The minimum atomic E-state index is -0.459. The SMILES string of the molecule is COc1ccccc1Nc1nc(N)nc(COC(=O)c2ccc(Br)s2)n1. The number of anilines is 3. The monoisotopic (exact) mass is 435 g/mol. The maximum absolute atomic E-state index is 12.0. The second kappa shape index (κ2) is 8.11. The summed E-state index contributed by atoms with van der Waals surface area (Å²) in [6.45, 7) is -0.123. The molecule has 0 aliphatic carbocycles. The number of halogens is 1. The van der Waals surface area contributed by atoms with Crippen LogP contribution in [0, 0.1) is 0 Å². The van der Waals surface area contributed by atoms with Gasteiger partial charge in [-0.05, 0) is 40.2 Å². The maximum Gasteiger partial charge on any atom is 0.348 e. The van der Waals surface area contributed by atoms with Gasteiger partial charge in [0.05, 0.1) is 16.6 Å². The van der Waals surface area contributed by atoms with Gasteiger partial charge in [-0.15, -0.1) is 11.3 Å². The molecule has 134 valence electrons. The van der Waals surface area contributed by atoms with Crippen molar-refractivity contribution in [2.75, 3.05) is 18.2 Å². The van der Waals surface area contributed by atoms with Crippen LogP contribution >= 0.6 is 27.3 Å². The number of nitrogens with one attached hydrogen (secondary N) is 1. The number of carbonyl (C=O) groups excluding carboxylic acids is 1. The van der Waals surface area contributed by atoms with Crippen LogP contribution in [0.2, 0.25) is 0 Å². The summed E-state index contributed by atoms with van der Waals surface area (Å²) in [4.78, 5) is 24.7. The van der Waals surface area contributed by atoms with Crippen molar-refractivity contribution in [2.24, 2.45) is 0 Å². The first-order valence-corrected chi connectivity index (χ1v) is 8.99. The van der Waals surface area contributed by atoms with E-state index in [0.29, 0.717) is 16.3 Å². The van der Waals surface area contributed by atoms with Gasteiger partial charge in [0, 0.05) is 0 Å². The quantitative estimate of drug-likeness (QED) is 0.566. The van der Waals surface area contributed by atoms with Crippen molar-refractivity contribution in [3.05, 3.63) is 50.9 Å². The lowest BCUT2D eigenvalue weighted by molar-refractivity contribution is 0.0468. The molecule has 0 aliphatic rings. The minimum absolute atomic E-state index is 0.0160. The molecule has 0 aliphatic heterocycles. The van der Waals surface area contributed by atoms with Crippen molar-refractivity contribution in [3.63, 3.8) is 0 Å². The van der Waals surface area contributed by atoms with Crippen molar-refractivity contribution >= 4 is 50.8 Å². The number of thiophene rings is 1. The molecule has 0 saturated carbocycles. The molecular formula is C16H14BrN5O3S. The van der Waals surface area contributed by atoms with E-state index in [0.717, 1.165) is 3.79 Å². The Morgan fingerprint density at radius 1 is 1.23 bits per heavy atom. The van der Waals surface area contributed by atoms with Crippen molar-refractivity contribution in [1.82, 2.24) is 15.0 Å². The highest BCUT2D eigenvalue weighted by molar-refractivity contribution is 9.11. The molecule has 0 radical (unpaired) electrons. The third-order valence-corrected chi connectivity index (χ3v) is 4.76. The second-order valence-electron chi connectivity index (χ2n) is 4.94. The van der Waals surface area contributed by atoms with E-state index < -0.39 is 5.97 Å². The summed E-state index contributed by atoms with van der Waals surface area (Å²) in [5, 5.41) is 3.02. The highest BCUT2D eigenvalue weighted by Gasteiger charge is 2.13. The van der Waals surface area contributed by atoms with Gasteiger partial charge in [0.1, 0.15) is 10.6 Å². The summed E-state index contributed by atoms with van der Waals surface area (Å²) in [6.07, 6.45) is 0. The molecular weight excluding hydrogens is 422 g/mol. The highest BCUT2D eigenvalue weighted by atomic mass is 79.9. The van der Waals surface area contributed by atoms with Crippen LogP contribution in [0.4, 0.5) is 17.6 Å². The summed E-state index contributed by atoms with van der Waals surface area (Å²) in [6, 6.07) is 10.8. The molecule has 0 unspecified atom stereocenters. The van der Waals surface area contributed by atoms with Crippen molar-refractivity contribution < 1.29 is 14.3 Å². The number of nitrogens with zero attached hydrogens (tertiary/aromatic N) is 3. The number of rotatable bonds is 6. The van der Waals surface area contributed by atoms with Crippen molar-refractivity contribution in [2.45, 2.75) is 6.61 Å². The average molecular weight is 436 g/mol. The molecule has 0 bridgehead atoms. The number of aromatic nitrogens is 3. The van der Waals surface area contributed by atoms with Crippen LogP contribution in [0.25, 0.3) is 0 Å². The number of nitrogens with two attached hydrogens (primary N) is 1. The Kier molecular flexibility index (Phi) is 5.64. The fourth-order valence-electron chi connectivity index (χ4n) is 2.05. The van der Waals surface area contributed by atoms with E-state index in [1.165, 1.54) is 11.3 Å². The average Bonchev–Trinajstić information content (AvgIpc) is 3.06. The molecule has 3 aromatic rings. The largest absolute Gasteiger partial charge is 0.495 e. The van der Waals surface area contributed by atoms with Crippen LogP contribution in [0.15, 0.2) is 40.2 Å². The molecule has 10 heteroatoms. The summed E-state index contributed by atoms with van der Waals surface area (Å²) in [5.74, 6) is 0.648. The Labute approximate surface area is 161 Å². The summed E-state index contributed by atoms with van der Waals surface area (Å²) >= 11 is 4.58. The van der Waals surface area contributed by atoms with E-state index in [1.54, 1.807) is 25.3 Å². The van der Waals surface area contributed by atoms with E-state index >= 15 is 0 Å². The van der Waals surface area contributed by atoms with Crippen LogP contribution in [0.1, 0.15) is 15.5 Å². The lowest BCUT2D eigenvalue weighted by Crippen LogP contribution is -2.10. The van der Waals surface area contributed by atoms with Crippen molar-refractivity contribution in [1.29, 1.82) is 0 Å². The van der Waals surface area contributed by atoms with Gasteiger partial charge >= 0.3 is 5.97 Å². The normalized spacial score (nSPS) is 10.4. The summed E-state index contributed by atoms with van der Waals surface area (Å²) in [5.41, 5.74) is 6.40. The molecule has 2 aromatic heterocycles. The lowest BCUT2D eigenvalue weighted by Gasteiger charge is -2.10. The zero-order chi connectivity index (χ0) is 18.5. The topological polar surface area (TPSA) is 112 Å². The van der Waals surface area contributed by atoms with Gasteiger partial charge in [0.25, 0.3) is 0 Å². The first kappa shape index (κ1) is 18.1. The standard InChI is InChI=1S/C16H14BrN5O3S/c1-24-10-5-3-2-4-9(10)19-16-21-13(20-15(18)22-16)8-25-14(23)11-6-7-12(17)26-11/h2-7H,8H2,1H3,(H3,18,19,20,21,22). The predicted octanol–water partition coefficient (Wildman–Crippen LogP) is 3.39. The molecule has 2 heterocycles. The number of hydrogen-bond acceptors (Lipinski definition) is 9. The molecule has 0 saturated heterocycles. The first-order valence-electron chi connectivity index (χ1n) is 7.38. The van der Waals surface area contributed by atoms with Gasteiger partial charge in [-0.1, -0.05) is 12.1 Å². The molecule has 0 spiro atoms. The number of nitrogen functional groups attached to an aromatic ring is 1. The summed E-state index contributed by atoms with van der Waals surface area (Å²) < 4.78 is 11.3. The van der Waals surface area contributed by atoms with Crippen LogP contribution < -0.4 is 15.8 Å². The number of carbonyl (C=O) groups is 1. The van der Waals surface area contributed by atoms with Crippen LogP contribution in [-0.2, 0) is 11.3 Å². The number of para-hydroxylation sites is 2. The zero-order valence-corrected chi connectivity index (χ0v) is 16.0. The number of benzene rings is 1. The van der Waals surface area contributed by atoms with Crippen molar-refractivity contribution in [3.8, 4) is 5.75 Å². The number of methoxy groups -OCH3 is 1. The Hall–Kier alpha value is -2.72. The predicted molar refractivity (Wildman–Crippen MR) is 102 cm³/mol. The molecule has 0 amide bonds. The third-order valence-electron chi connectivity index (χ3n) is 3.16. The second-order valence-corrected chi connectivity index (χ2v) is 7.40. The maximum atomic E-state index is 12.0. The van der Waals surface area contributed by atoms with Crippen LogP contribution in [0.5, 0.6) is 5.75 Å². The van der Waals surface area contributed by atoms with Gasteiger partial charge < -0.3 is 20.5 Å². The van der Waals surface area contributed by atoms with Gasteiger partial charge in [-0.25, -0.2) is 4.79 Å². The van der Waals surface area contributed by atoms with Crippen LogP contribution in [0.3, 0.4) is 0 Å². The lowest BCUT2D eigenvalue weighted by atomic mass is 10.3. The van der Waals surface area contributed by atoms with Gasteiger partial charge in [-0.2, -0.15) is 15.0 Å². The minimum Gasteiger partial charge on any atom is -0.495 e. The Morgan fingerprint density at radius 2 is 2.04 bits per heavy atom. The van der Waals surface area contributed by atoms with E-state index in [9.17, 15) is 4.79 Å².